The van der Waals surface area contributed by atoms with Gasteiger partial charge in [-0.2, -0.15) is 13.2 Å². The van der Waals surface area contributed by atoms with Crippen LogP contribution in [-0.4, -0.2) is 23.0 Å². The number of aromatic nitrogens is 1. The zero-order valence-electron chi connectivity index (χ0n) is 16.2. The largest absolute Gasteiger partial charge is 0.492 e. The molecular formula is C23H23F3N2O. The first-order chi connectivity index (χ1) is 13.9. The molecule has 152 valence electrons. The highest BCUT2D eigenvalue weighted by molar-refractivity contribution is 5.29. The Hall–Kier alpha value is -2.86. The fourth-order valence-electron chi connectivity index (χ4n) is 3.03. The Labute approximate surface area is 168 Å². The van der Waals surface area contributed by atoms with E-state index in [1.165, 1.54) is 23.3 Å². The minimum absolute atomic E-state index is 0.373. The molecule has 0 atom stereocenters. The minimum Gasteiger partial charge on any atom is -0.492 e. The molecule has 2 aromatic carbocycles. The fourth-order valence-corrected chi connectivity index (χ4v) is 3.03. The van der Waals surface area contributed by atoms with Crippen LogP contribution in [0.3, 0.4) is 0 Å². The summed E-state index contributed by atoms with van der Waals surface area (Å²) in [6, 6.07) is 16.9. The van der Waals surface area contributed by atoms with Gasteiger partial charge in [-0.1, -0.05) is 30.3 Å². The van der Waals surface area contributed by atoms with Crippen LogP contribution in [0.25, 0.3) is 0 Å². The summed E-state index contributed by atoms with van der Waals surface area (Å²) in [6.45, 7) is 4.54. The molecule has 0 aliphatic rings. The smallest absolute Gasteiger partial charge is 0.416 e. The molecule has 0 saturated carbocycles. The van der Waals surface area contributed by atoms with Crippen molar-refractivity contribution in [3.8, 4) is 5.75 Å². The lowest BCUT2D eigenvalue weighted by molar-refractivity contribution is -0.137. The molecule has 0 aliphatic heterocycles. The van der Waals surface area contributed by atoms with E-state index in [2.05, 4.69) is 28.9 Å². The van der Waals surface area contributed by atoms with Crippen LogP contribution in [0, 0.1) is 6.92 Å². The van der Waals surface area contributed by atoms with E-state index in [1.54, 1.807) is 6.20 Å². The highest BCUT2D eigenvalue weighted by Gasteiger charge is 2.30. The van der Waals surface area contributed by atoms with E-state index in [4.69, 9.17) is 4.74 Å². The number of hydrogen-bond donors (Lipinski definition) is 0. The second-order valence-electron chi connectivity index (χ2n) is 6.87. The summed E-state index contributed by atoms with van der Waals surface area (Å²) in [4.78, 5) is 6.41. The van der Waals surface area contributed by atoms with Gasteiger partial charge in [-0.05, 0) is 53.9 Å². The quantitative estimate of drug-likeness (QED) is 0.500. The van der Waals surface area contributed by atoms with E-state index >= 15 is 0 Å². The van der Waals surface area contributed by atoms with Crippen LogP contribution >= 0.6 is 0 Å². The average Bonchev–Trinajstić information content (AvgIpc) is 2.70. The SMILES string of the molecule is Cc1ccccc1CN(CCOc1ccc(C(F)(F)F)cc1)Cc1cccnc1. The molecule has 0 radical (unpaired) electrons. The maximum absolute atomic E-state index is 12.7. The van der Waals surface area contributed by atoms with Gasteiger partial charge in [0, 0.05) is 32.0 Å². The summed E-state index contributed by atoms with van der Waals surface area (Å²) in [5.41, 5.74) is 2.86. The van der Waals surface area contributed by atoms with E-state index in [-0.39, 0.29) is 0 Å². The van der Waals surface area contributed by atoms with Crippen LogP contribution in [-0.2, 0) is 19.3 Å². The van der Waals surface area contributed by atoms with Crippen LogP contribution in [0.5, 0.6) is 5.75 Å². The molecule has 3 aromatic rings. The maximum atomic E-state index is 12.7. The van der Waals surface area contributed by atoms with Crippen LogP contribution in [0.15, 0.2) is 73.1 Å². The normalized spacial score (nSPS) is 11.6. The number of nitrogens with zero attached hydrogens (tertiary/aromatic N) is 2. The Morgan fingerprint density at radius 3 is 2.34 bits per heavy atom. The van der Waals surface area contributed by atoms with Crippen molar-refractivity contribution >= 4 is 0 Å². The van der Waals surface area contributed by atoms with Gasteiger partial charge >= 0.3 is 6.18 Å². The third kappa shape index (κ3) is 6.32. The van der Waals surface area contributed by atoms with Crippen LogP contribution in [0.2, 0.25) is 0 Å². The molecule has 0 bridgehead atoms. The van der Waals surface area contributed by atoms with Gasteiger partial charge in [0.25, 0.3) is 0 Å². The van der Waals surface area contributed by atoms with Crippen molar-refractivity contribution < 1.29 is 17.9 Å². The Balaban J connectivity index is 1.62. The number of pyridine rings is 1. The van der Waals surface area contributed by atoms with Gasteiger partial charge in [0.15, 0.2) is 0 Å². The molecule has 0 amide bonds. The molecule has 0 N–H and O–H groups in total. The number of rotatable bonds is 8. The van der Waals surface area contributed by atoms with E-state index < -0.39 is 11.7 Å². The van der Waals surface area contributed by atoms with Gasteiger partial charge in [-0.3, -0.25) is 9.88 Å². The zero-order valence-corrected chi connectivity index (χ0v) is 16.2. The fraction of sp³-hybridized carbons (Fsp3) is 0.261. The standard InChI is InChI=1S/C23H23F3N2O/c1-18-5-2-3-7-20(18)17-28(16-19-6-4-12-27-15-19)13-14-29-22-10-8-21(9-11-22)23(24,25)26/h2-12,15H,13-14,16-17H2,1H3. The molecule has 29 heavy (non-hydrogen) atoms. The van der Waals surface area contributed by atoms with Crippen molar-refractivity contribution in [2.24, 2.45) is 0 Å². The number of benzene rings is 2. The van der Waals surface area contributed by atoms with Crippen molar-refractivity contribution in [3.05, 3.63) is 95.3 Å². The molecule has 1 aromatic heterocycles. The van der Waals surface area contributed by atoms with Crippen molar-refractivity contribution in [2.45, 2.75) is 26.2 Å². The molecule has 0 saturated heterocycles. The highest BCUT2D eigenvalue weighted by Crippen LogP contribution is 2.30. The Morgan fingerprint density at radius 2 is 1.69 bits per heavy atom. The van der Waals surface area contributed by atoms with E-state index in [1.807, 2.05) is 30.5 Å². The third-order valence-electron chi connectivity index (χ3n) is 4.64. The molecule has 0 aliphatic carbocycles. The molecule has 0 fully saturated rings. The first-order valence-electron chi connectivity index (χ1n) is 9.37. The van der Waals surface area contributed by atoms with Crippen molar-refractivity contribution in [1.82, 2.24) is 9.88 Å². The van der Waals surface area contributed by atoms with Crippen LogP contribution in [0.4, 0.5) is 13.2 Å². The summed E-state index contributed by atoms with van der Waals surface area (Å²) in [5, 5.41) is 0. The Kier molecular flexibility index (Phi) is 6.88. The lowest BCUT2D eigenvalue weighted by Gasteiger charge is -2.23. The predicted octanol–water partition coefficient (Wildman–Crippen LogP) is 5.49. The molecule has 0 unspecified atom stereocenters. The first kappa shape index (κ1) is 20.9. The Bertz CT molecular complexity index is 896. The number of ether oxygens (including phenoxy) is 1. The Morgan fingerprint density at radius 1 is 0.931 bits per heavy atom. The highest BCUT2D eigenvalue weighted by atomic mass is 19.4. The summed E-state index contributed by atoms with van der Waals surface area (Å²) >= 11 is 0. The average molecular weight is 400 g/mol. The summed E-state index contributed by atoms with van der Waals surface area (Å²) in [6.07, 6.45) is -0.767. The van der Waals surface area contributed by atoms with Crippen LogP contribution in [0.1, 0.15) is 22.3 Å². The summed E-state index contributed by atoms with van der Waals surface area (Å²) in [7, 11) is 0. The maximum Gasteiger partial charge on any atom is 0.416 e. The first-order valence-corrected chi connectivity index (χ1v) is 9.37. The lowest BCUT2D eigenvalue weighted by atomic mass is 10.1. The molecule has 6 heteroatoms. The van der Waals surface area contributed by atoms with Gasteiger partial charge in [0.05, 0.1) is 5.56 Å². The van der Waals surface area contributed by atoms with Crippen molar-refractivity contribution in [2.75, 3.05) is 13.2 Å². The molecule has 1 heterocycles. The lowest BCUT2D eigenvalue weighted by Crippen LogP contribution is -2.28. The predicted molar refractivity (Wildman–Crippen MR) is 106 cm³/mol. The van der Waals surface area contributed by atoms with E-state index in [0.717, 1.165) is 24.2 Å². The van der Waals surface area contributed by atoms with Gasteiger partial charge in [0.1, 0.15) is 12.4 Å². The van der Waals surface area contributed by atoms with Crippen molar-refractivity contribution in [1.29, 1.82) is 0 Å². The molecule has 0 spiro atoms. The molecular weight excluding hydrogens is 377 g/mol. The third-order valence-corrected chi connectivity index (χ3v) is 4.64. The minimum atomic E-state index is -4.34. The second-order valence-corrected chi connectivity index (χ2v) is 6.87. The second kappa shape index (κ2) is 9.56. The van der Waals surface area contributed by atoms with Crippen LogP contribution < -0.4 is 4.74 Å². The molecule has 3 rings (SSSR count). The number of aryl methyl sites for hydroxylation is 1. The van der Waals surface area contributed by atoms with E-state index in [0.29, 0.717) is 25.4 Å². The number of alkyl halides is 3. The van der Waals surface area contributed by atoms with Crippen molar-refractivity contribution in [3.63, 3.8) is 0 Å². The van der Waals surface area contributed by atoms with Gasteiger partial charge < -0.3 is 4.74 Å². The van der Waals surface area contributed by atoms with E-state index in [9.17, 15) is 13.2 Å². The van der Waals surface area contributed by atoms with Gasteiger partial charge in [-0.15, -0.1) is 0 Å². The zero-order chi connectivity index (χ0) is 20.7. The topological polar surface area (TPSA) is 25.4 Å². The van der Waals surface area contributed by atoms with Gasteiger partial charge in [-0.25, -0.2) is 0 Å². The van der Waals surface area contributed by atoms with Gasteiger partial charge in [0.2, 0.25) is 0 Å². The monoisotopic (exact) mass is 400 g/mol. The number of hydrogen-bond acceptors (Lipinski definition) is 3. The molecule has 3 nitrogen and oxygen atoms in total. The number of halogens is 3. The summed E-state index contributed by atoms with van der Waals surface area (Å²) < 4.78 is 43.7. The summed E-state index contributed by atoms with van der Waals surface area (Å²) in [5.74, 6) is 0.426.